The van der Waals surface area contributed by atoms with Crippen LogP contribution in [0.5, 0.6) is 5.88 Å². The van der Waals surface area contributed by atoms with Crippen molar-refractivity contribution in [2.45, 2.75) is 53.0 Å². The minimum atomic E-state index is 0.476. The molecule has 0 saturated heterocycles. The van der Waals surface area contributed by atoms with E-state index in [1.165, 1.54) is 0 Å². The van der Waals surface area contributed by atoms with Crippen LogP contribution in [0.3, 0.4) is 0 Å². The van der Waals surface area contributed by atoms with E-state index in [2.05, 4.69) is 36.1 Å². The molecule has 1 heterocycles. The van der Waals surface area contributed by atoms with Crippen LogP contribution in [0.4, 0.5) is 0 Å². The van der Waals surface area contributed by atoms with Crippen LogP contribution < -0.4 is 10.1 Å². The molecule has 108 valence electrons. The van der Waals surface area contributed by atoms with E-state index < -0.39 is 0 Å². The summed E-state index contributed by atoms with van der Waals surface area (Å²) in [5.74, 6) is 1.36. The van der Waals surface area contributed by atoms with Gasteiger partial charge in [0.1, 0.15) is 6.33 Å². The van der Waals surface area contributed by atoms with Gasteiger partial charge in [0.15, 0.2) is 0 Å². The van der Waals surface area contributed by atoms with Crippen LogP contribution in [0.25, 0.3) is 0 Å². The van der Waals surface area contributed by atoms with Gasteiger partial charge in [-0.3, -0.25) is 0 Å². The van der Waals surface area contributed by atoms with Crippen molar-refractivity contribution in [3.05, 3.63) is 18.1 Å². The van der Waals surface area contributed by atoms with E-state index in [0.717, 1.165) is 31.5 Å². The maximum absolute atomic E-state index is 5.42. The Kier molecular flexibility index (Phi) is 7.41. The first-order valence-electron chi connectivity index (χ1n) is 7.32. The Bertz CT molecular complexity index is 355. The number of rotatable bonds is 9. The van der Waals surface area contributed by atoms with Gasteiger partial charge in [0, 0.05) is 24.2 Å². The molecule has 0 spiro atoms. The molecule has 0 fully saturated rings. The zero-order chi connectivity index (χ0) is 14.1. The minimum absolute atomic E-state index is 0.476. The average molecular weight is 265 g/mol. The summed E-state index contributed by atoms with van der Waals surface area (Å²) in [5.41, 5.74) is 1.05. The Morgan fingerprint density at radius 2 is 2.05 bits per heavy atom. The Morgan fingerprint density at radius 3 is 2.68 bits per heavy atom. The van der Waals surface area contributed by atoms with Gasteiger partial charge in [-0.25, -0.2) is 9.97 Å². The lowest BCUT2D eigenvalue weighted by Gasteiger charge is -2.20. The quantitative estimate of drug-likeness (QED) is 0.746. The highest BCUT2D eigenvalue weighted by atomic mass is 16.5. The van der Waals surface area contributed by atoms with Gasteiger partial charge in [-0.2, -0.15) is 0 Å². The van der Waals surface area contributed by atoms with Gasteiger partial charge in [-0.05, 0) is 32.2 Å². The van der Waals surface area contributed by atoms with Crippen molar-refractivity contribution in [3.8, 4) is 5.88 Å². The third-order valence-electron chi connectivity index (χ3n) is 2.89. The number of ether oxygens (including phenoxy) is 1. The van der Waals surface area contributed by atoms with E-state index >= 15 is 0 Å². The second-order valence-corrected chi connectivity index (χ2v) is 5.27. The summed E-state index contributed by atoms with van der Waals surface area (Å²) >= 11 is 0. The molecule has 0 amide bonds. The third-order valence-corrected chi connectivity index (χ3v) is 2.89. The van der Waals surface area contributed by atoms with Gasteiger partial charge >= 0.3 is 0 Å². The van der Waals surface area contributed by atoms with Crippen LogP contribution in [0.2, 0.25) is 0 Å². The third kappa shape index (κ3) is 6.53. The molecule has 4 nitrogen and oxygen atoms in total. The fraction of sp³-hybridized carbons (Fsp3) is 0.733. The molecule has 1 N–H and O–H groups in total. The second-order valence-electron chi connectivity index (χ2n) is 5.27. The van der Waals surface area contributed by atoms with Crippen LogP contribution in [-0.4, -0.2) is 29.2 Å². The highest BCUT2D eigenvalue weighted by Gasteiger charge is 2.12. The molecule has 1 aromatic heterocycles. The van der Waals surface area contributed by atoms with Gasteiger partial charge < -0.3 is 10.1 Å². The predicted octanol–water partition coefficient (Wildman–Crippen LogP) is 2.83. The number of hydrogen-bond acceptors (Lipinski definition) is 4. The van der Waals surface area contributed by atoms with Gasteiger partial charge in [0.05, 0.1) is 6.61 Å². The highest BCUT2D eigenvalue weighted by molar-refractivity contribution is 5.14. The summed E-state index contributed by atoms with van der Waals surface area (Å²) in [4.78, 5) is 8.45. The first-order valence-corrected chi connectivity index (χ1v) is 7.32. The standard InChI is InChI=1S/C15H27N3O/c1-5-7-16-13(8-12(3)4)9-14-10-15(19-6-2)18-11-17-14/h10-13,16H,5-9H2,1-4H3. The maximum atomic E-state index is 5.42. The Balaban J connectivity index is 2.63. The first kappa shape index (κ1) is 15.9. The van der Waals surface area contributed by atoms with Crippen LogP contribution >= 0.6 is 0 Å². The normalized spacial score (nSPS) is 12.7. The lowest BCUT2D eigenvalue weighted by atomic mass is 9.99. The number of nitrogens with one attached hydrogen (secondary N) is 1. The Hall–Kier alpha value is -1.16. The van der Waals surface area contributed by atoms with Crippen molar-refractivity contribution in [2.24, 2.45) is 5.92 Å². The molecule has 1 rings (SSSR count). The smallest absolute Gasteiger partial charge is 0.216 e. The van der Waals surface area contributed by atoms with Crippen LogP contribution in [0, 0.1) is 5.92 Å². The molecular weight excluding hydrogens is 238 g/mol. The topological polar surface area (TPSA) is 47.0 Å². The van der Waals surface area contributed by atoms with Crippen molar-refractivity contribution in [1.29, 1.82) is 0 Å². The summed E-state index contributed by atoms with van der Waals surface area (Å²) in [7, 11) is 0. The molecule has 0 aliphatic heterocycles. The van der Waals surface area contributed by atoms with Crippen molar-refractivity contribution >= 4 is 0 Å². The summed E-state index contributed by atoms with van der Waals surface area (Å²) < 4.78 is 5.42. The fourth-order valence-corrected chi connectivity index (χ4v) is 2.12. The SMILES string of the molecule is CCCNC(Cc1cc(OCC)ncn1)CC(C)C. The molecule has 4 heteroatoms. The molecule has 0 bridgehead atoms. The molecule has 1 aromatic rings. The summed E-state index contributed by atoms with van der Waals surface area (Å²) in [5, 5.41) is 3.60. The van der Waals surface area contributed by atoms with E-state index in [4.69, 9.17) is 4.74 Å². The predicted molar refractivity (Wildman–Crippen MR) is 78.4 cm³/mol. The van der Waals surface area contributed by atoms with E-state index in [0.29, 0.717) is 24.4 Å². The molecule has 19 heavy (non-hydrogen) atoms. The molecule has 0 radical (unpaired) electrons. The van der Waals surface area contributed by atoms with Crippen molar-refractivity contribution in [1.82, 2.24) is 15.3 Å². The van der Waals surface area contributed by atoms with Gasteiger partial charge in [-0.15, -0.1) is 0 Å². The molecule has 0 aliphatic carbocycles. The summed E-state index contributed by atoms with van der Waals surface area (Å²) in [6.45, 7) is 10.4. The van der Waals surface area contributed by atoms with Crippen LogP contribution in [0.15, 0.2) is 12.4 Å². The van der Waals surface area contributed by atoms with Crippen molar-refractivity contribution < 1.29 is 4.74 Å². The largest absolute Gasteiger partial charge is 0.478 e. The van der Waals surface area contributed by atoms with E-state index in [1.54, 1.807) is 6.33 Å². The lowest BCUT2D eigenvalue weighted by Crippen LogP contribution is -2.33. The Labute approximate surface area is 117 Å². The fourth-order valence-electron chi connectivity index (χ4n) is 2.12. The van der Waals surface area contributed by atoms with Gasteiger partial charge in [0.2, 0.25) is 5.88 Å². The van der Waals surface area contributed by atoms with Crippen LogP contribution in [0.1, 0.15) is 46.2 Å². The monoisotopic (exact) mass is 265 g/mol. The zero-order valence-corrected chi connectivity index (χ0v) is 12.6. The Morgan fingerprint density at radius 1 is 1.26 bits per heavy atom. The van der Waals surface area contributed by atoms with E-state index in [9.17, 15) is 0 Å². The van der Waals surface area contributed by atoms with Crippen molar-refractivity contribution in [3.63, 3.8) is 0 Å². The van der Waals surface area contributed by atoms with E-state index in [1.807, 2.05) is 13.0 Å². The highest BCUT2D eigenvalue weighted by Crippen LogP contribution is 2.13. The molecule has 1 atom stereocenters. The van der Waals surface area contributed by atoms with Crippen LogP contribution in [-0.2, 0) is 6.42 Å². The molecule has 0 saturated carbocycles. The number of hydrogen-bond donors (Lipinski definition) is 1. The minimum Gasteiger partial charge on any atom is -0.478 e. The molecule has 0 aromatic carbocycles. The lowest BCUT2D eigenvalue weighted by molar-refractivity contribution is 0.325. The summed E-state index contributed by atoms with van der Waals surface area (Å²) in [6.07, 6.45) is 4.84. The molecule has 0 aliphatic rings. The van der Waals surface area contributed by atoms with Crippen molar-refractivity contribution in [2.75, 3.05) is 13.2 Å². The first-order chi connectivity index (χ1) is 9.15. The zero-order valence-electron chi connectivity index (χ0n) is 12.6. The van der Waals surface area contributed by atoms with Gasteiger partial charge in [0.25, 0.3) is 0 Å². The summed E-state index contributed by atoms with van der Waals surface area (Å²) in [6, 6.07) is 2.43. The van der Waals surface area contributed by atoms with Gasteiger partial charge in [-0.1, -0.05) is 20.8 Å². The second kappa shape index (κ2) is 8.86. The molecule has 1 unspecified atom stereocenters. The maximum Gasteiger partial charge on any atom is 0.216 e. The average Bonchev–Trinajstić information content (AvgIpc) is 2.36. The van der Waals surface area contributed by atoms with E-state index in [-0.39, 0.29) is 0 Å². The number of nitrogens with zero attached hydrogens (tertiary/aromatic N) is 2. The number of aromatic nitrogens is 2. The molecular formula is C15H27N3O.